The van der Waals surface area contributed by atoms with E-state index in [0.29, 0.717) is 11.2 Å². The fourth-order valence-corrected chi connectivity index (χ4v) is 2.96. The van der Waals surface area contributed by atoms with E-state index in [2.05, 4.69) is 5.32 Å². The fraction of sp³-hybridized carbons (Fsp3) is 0.615. The van der Waals surface area contributed by atoms with Gasteiger partial charge in [0, 0.05) is 25.0 Å². The monoisotopic (exact) mass is 234 g/mol. The van der Waals surface area contributed by atoms with Crippen LogP contribution in [-0.4, -0.2) is 37.0 Å². The van der Waals surface area contributed by atoms with Crippen LogP contribution in [0.2, 0.25) is 0 Å². The molecule has 2 fully saturated rings. The highest BCUT2D eigenvalue weighted by Crippen LogP contribution is 2.36. The van der Waals surface area contributed by atoms with E-state index in [1.807, 2.05) is 17.9 Å². The van der Waals surface area contributed by atoms with Crippen molar-refractivity contribution in [2.75, 3.05) is 26.2 Å². The maximum absolute atomic E-state index is 12.2. The summed E-state index contributed by atoms with van der Waals surface area (Å²) in [6.45, 7) is 5.73. The second-order valence-electron chi connectivity index (χ2n) is 5.31. The Hall–Kier alpha value is -1.29. The van der Waals surface area contributed by atoms with Crippen LogP contribution in [0, 0.1) is 12.3 Å². The minimum absolute atomic E-state index is 0.0434. The molecule has 2 aliphatic rings. The van der Waals surface area contributed by atoms with Gasteiger partial charge in [0.15, 0.2) is 5.76 Å². The molecular weight excluding hydrogens is 216 g/mol. The third kappa shape index (κ3) is 1.86. The number of aryl methyl sites for hydroxylation is 1. The molecule has 0 saturated carbocycles. The molecule has 1 spiro atoms. The number of hydrogen-bond donors (Lipinski definition) is 1. The van der Waals surface area contributed by atoms with Crippen molar-refractivity contribution in [3.8, 4) is 0 Å². The molecule has 1 amide bonds. The summed E-state index contributed by atoms with van der Waals surface area (Å²) >= 11 is 0. The maximum Gasteiger partial charge on any atom is 0.289 e. The van der Waals surface area contributed by atoms with E-state index in [4.69, 9.17) is 4.42 Å². The summed E-state index contributed by atoms with van der Waals surface area (Å²) in [4.78, 5) is 14.1. The van der Waals surface area contributed by atoms with Crippen molar-refractivity contribution in [3.63, 3.8) is 0 Å². The summed E-state index contributed by atoms with van der Waals surface area (Å²) in [5.41, 5.74) is 0.331. The minimum atomic E-state index is 0.0434. The molecule has 0 aromatic carbocycles. The van der Waals surface area contributed by atoms with Crippen LogP contribution in [0.3, 0.4) is 0 Å². The lowest BCUT2D eigenvalue weighted by molar-refractivity contribution is 0.0742. The highest BCUT2D eigenvalue weighted by molar-refractivity contribution is 5.91. The Morgan fingerprint density at radius 1 is 1.47 bits per heavy atom. The molecule has 4 heteroatoms. The first-order valence-electron chi connectivity index (χ1n) is 6.25. The lowest BCUT2D eigenvalue weighted by atomic mass is 9.87. The molecule has 1 atom stereocenters. The zero-order valence-electron chi connectivity index (χ0n) is 10.2. The average Bonchev–Trinajstić information content (AvgIpc) is 3.02. The van der Waals surface area contributed by atoms with E-state index < -0.39 is 0 Å². The second kappa shape index (κ2) is 3.88. The van der Waals surface area contributed by atoms with E-state index >= 15 is 0 Å². The normalized spacial score (nSPS) is 28.2. The number of nitrogens with zero attached hydrogens (tertiary/aromatic N) is 1. The van der Waals surface area contributed by atoms with Gasteiger partial charge in [-0.05, 0) is 38.4 Å². The summed E-state index contributed by atoms with van der Waals surface area (Å²) in [5.74, 6) is 1.32. The third-order valence-corrected chi connectivity index (χ3v) is 4.01. The molecule has 2 aliphatic heterocycles. The molecule has 1 aromatic rings. The van der Waals surface area contributed by atoms with Crippen LogP contribution in [0.5, 0.6) is 0 Å². The number of nitrogens with one attached hydrogen (secondary N) is 1. The molecular formula is C13H18N2O2. The Morgan fingerprint density at radius 3 is 3.00 bits per heavy atom. The van der Waals surface area contributed by atoms with E-state index in [9.17, 15) is 4.79 Å². The van der Waals surface area contributed by atoms with Crippen LogP contribution in [-0.2, 0) is 0 Å². The van der Waals surface area contributed by atoms with Gasteiger partial charge in [-0.25, -0.2) is 0 Å². The number of hydrogen-bond acceptors (Lipinski definition) is 3. The van der Waals surface area contributed by atoms with Gasteiger partial charge in [0.05, 0.1) is 0 Å². The van der Waals surface area contributed by atoms with E-state index in [0.717, 1.165) is 38.4 Å². The summed E-state index contributed by atoms with van der Waals surface area (Å²) in [7, 11) is 0. The third-order valence-electron chi connectivity index (χ3n) is 4.01. The minimum Gasteiger partial charge on any atom is -0.456 e. The predicted molar refractivity (Wildman–Crippen MR) is 63.9 cm³/mol. The topological polar surface area (TPSA) is 45.5 Å². The van der Waals surface area contributed by atoms with Crippen molar-refractivity contribution >= 4 is 5.91 Å². The van der Waals surface area contributed by atoms with Gasteiger partial charge >= 0.3 is 0 Å². The van der Waals surface area contributed by atoms with Crippen LogP contribution in [0.15, 0.2) is 16.5 Å². The van der Waals surface area contributed by atoms with Crippen LogP contribution < -0.4 is 5.32 Å². The second-order valence-corrected chi connectivity index (χ2v) is 5.31. The molecule has 1 unspecified atom stereocenters. The lowest BCUT2D eigenvalue weighted by Gasteiger charge is -2.22. The van der Waals surface area contributed by atoms with Crippen LogP contribution in [0.1, 0.15) is 29.2 Å². The van der Waals surface area contributed by atoms with Crippen molar-refractivity contribution in [1.29, 1.82) is 0 Å². The van der Waals surface area contributed by atoms with Crippen LogP contribution in [0.25, 0.3) is 0 Å². The zero-order valence-corrected chi connectivity index (χ0v) is 10.2. The van der Waals surface area contributed by atoms with Gasteiger partial charge in [-0.2, -0.15) is 0 Å². The van der Waals surface area contributed by atoms with Gasteiger partial charge in [0.2, 0.25) is 0 Å². The highest BCUT2D eigenvalue weighted by Gasteiger charge is 2.42. The number of carbonyl (C=O) groups is 1. The first-order valence-corrected chi connectivity index (χ1v) is 6.25. The first kappa shape index (κ1) is 10.8. The van der Waals surface area contributed by atoms with Gasteiger partial charge in [-0.1, -0.05) is 0 Å². The molecule has 17 heavy (non-hydrogen) atoms. The van der Waals surface area contributed by atoms with Gasteiger partial charge in [0.25, 0.3) is 5.91 Å². The Morgan fingerprint density at radius 2 is 2.35 bits per heavy atom. The van der Waals surface area contributed by atoms with Gasteiger partial charge < -0.3 is 14.6 Å². The van der Waals surface area contributed by atoms with Gasteiger partial charge in [-0.3, -0.25) is 4.79 Å². The molecule has 92 valence electrons. The molecule has 0 aliphatic carbocycles. The van der Waals surface area contributed by atoms with E-state index in [-0.39, 0.29) is 5.91 Å². The molecule has 1 N–H and O–H groups in total. The number of furan rings is 1. The van der Waals surface area contributed by atoms with E-state index in [1.165, 1.54) is 6.42 Å². The molecule has 4 nitrogen and oxygen atoms in total. The largest absolute Gasteiger partial charge is 0.456 e. The average molecular weight is 234 g/mol. The van der Waals surface area contributed by atoms with Crippen molar-refractivity contribution in [1.82, 2.24) is 10.2 Å². The molecule has 0 bridgehead atoms. The molecule has 1 aromatic heterocycles. The van der Waals surface area contributed by atoms with Gasteiger partial charge in [0.1, 0.15) is 5.76 Å². The fourth-order valence-electron chi connectivity index (χ4n) is 2.96. The molecule has 0 radical (unpaired) electrons. The van der Waals surface area contributed by atoms with E-state index in [1.54, 1.807) is 6.07 Å². The number of rotatable bonds is 1. The molecule has 3 rings (SSSR count). The zero-order chi connectivity index (χ0) is 11.9. The number of carbonyl (C=O) groups excluding carboxylic acids is 1. The SMILES string of the molecule is Cc1ccc(C(=O)N2CCC3(CCNC3)C2)o1. The smallest absolute Gasteiger partial charge is 0.289 e. The summed E-state index contributed by atoms with van der Waals surface area (Å²) in [5, 5.41) is 3.40. The highest BCUT2D eigenvalue weighted by atomic mass is 16.3. The summed E-state index contributed by atoms with van der Waals surface area (Å²) in [6, 6.07) is 3.62. The quantitative estimate of drug-likeness (QED) is 0.799. The number of likely N-dealkylation sites (tertiary alicyclic amines) is 1. The van der Waals surface area contributed by atoms with Crippen molar-refractivity contribution in [3.05, 3.63) is 23.7 Å². The Kier molecular flexibility index (Phi) is 2.47. The number of amides is 1. The summed E-state index contributed by atoms with van der Waals surface area (Å²) in [6.07, 6.45) is 2.30. The Bertz CT molecular complexity index is 432. The van der Waals surface area contributed by atoms with Crippen LogP contribution in [0.4, 0.5) is 0 Å². The molecule has 2 saturated heterocycles. The predicted octanol–water partition coefficient (Wildman–Crippen LogP) is 1.41. The molecule has 3 heterocycles. The van der Waals surface area contributed by atoms with Gasteiger partial charge in [-0.15, -0.1) is 0 Å². The first-order chi connectivity index (χ1) is 8.19. The Labute approximate surface area is 101 Å². The van der Waals surface area contributed by atoms with Crippen molar-refractivity contribution in [2.24, 2.45) is 5.41 Å². The summed E-state index contributed by atoms with van der Waals surface area (Å²) < 4.78 is 5.40. The van der Waals surface area contributed by atoms with Crippen LogP contribution >= 0.6 is 0 Å². The maximum atomic E-state index is 12.2. The van der Waals surface area contributed by atoms with Crippen molar-refractivity contribution in [2.45, 2.75) is 19.8 Å². The lowest BCUT2D eigenvalue weighted by Crippen LogP contribution is -2.33. The standard InChI is InChI=1S/C13H18N2O2/c1-10-2-3-11(17-10)12(16)15-7-5-13(9-15)4-6-14-8-13/h2-3,14H,4-9H2,1H3. The van der Waals surface area contributed by atoms with Crippen molar-refractivity contribution < 1.29 is 9.21 Å². The Balaban J connectivity index is 1.72.